The van der Waals surface area contributed by atoms with E-state index < -0.39 is 0 Å². The summed E-state index contributed by atoms with van der Waals surface area (Å²) >= 11 is 0. The van der Waals surface area contributed by atoms with E-state index in [1.807, 2.05) is 18.3 Å². The molecule has 2 heterocycles. The van der Waals surface area contributed by atoms with Crippen LogP contribution in [0.2, 0.25) is 0 Å². The molecule has 6 aromatic rings. The van der Waals surface area contributed by atoms with E-state index in [2.05, 4.69) is 111 Å². The fourth-order valence-electron chi connectivity index (χ4n) is 5.20. The van der Waals surface area contributed by atoms with Gasteiger partial charge in [0.25, 0.3) is 0 Å². The third kappa shape index (κ3) is 3.72. The van der Waals surface area contributed by atoms with Gasteiger partial charge in [0.2, 0.25) is 0 Å². The molecule has 2 aromatic heterocycles. The number of fused-ring (bicyclic) bond motifs is 3. The number of nitrogens with zero attached hydrogens (tertiary/aromatic N) is 2. The number of hydrogen-bond donors (Lipinski definition) is 0. The molecule has 0 aliphatic heterocycles. The van der Waals surface area contributed by atoms with Gasteiger partial charge in [0.15, 0.2) is 0 Å². The Morgan fingerprint density at radius 1 is 0.639 bits per heavy atom. The maximum absolute atomic E-state index is 6.07. The Morgan fingerprint density at radius 2 is 1.31 bits per heavy atom. The lowest BCUT2D eigenvalue weighted by atomic mass is 9.88. The first-order chi connectivity index (χ1) is 17.5. The molecule has 0 N–H and O–H groups in total. The average Bonchev–Trinajstić information content (AvgIpc) is 3.53. The van der Waals surface area contributed by atoms with Crippen LogP contribution in [0.25, 0.3) is 50.1 Å². The molecule has 4 aromatic carbocycles. The van der Waals surface area contributed by atoms with Crippen LogP contribution in [0.1, 0.15) is 50.7 Å². The summed E-state index contributed by atoms with van der Waals surface area (Å²) in [5.74, 6) is 1.66. The van der Waals surface area contributed by atoms with Crippen LogP contribution in [0.4, 0.5) is 0 Å². The Bertz CT molecular complexity index is 1660. The zero-order valence-electron chi connectivity index (χ0n) is 21.2. The van der Waals surface area contributed by atoms with E-state index in [0.29, 0.717) is 11.8 Å². The second kappa shape index (κ2) is 8.83. The highest BCUT2D eigenvalue weighted by molar-refractivity contribution is 6.06. The van der Waals surface area contributed by atoms with Crippen LogP contribution in [0, 0.1) is 0 Å². The molecule has 0 radical (unpaired) electrons. The molecule has 0 saturated carbocycles. The fourth-order valence-corrected chi connectivity index (χ4v) is 5.20. The predicted molar refractivity (Wildman–Crippen MR) is 150 cm³/mol. The number of aromatic nitrogens is 2. The van der Waals surface area contributed by atoms with Crippen molar-refractivity contribution < 1.29 is 4.42 Å². The SMILES string of the molecule is CC(C)c1cc(-c2ccccc2)cc(C(C)C)c1-n1ccnc1-c1ccc2oc3ccccc3c2c1. The van der Waals surface area contributed by atoms with Crippen molar-refractivity contribution in [2.45, 2.75) is 39.5 Å². The van der Waals surface area contributed by atoms with Crippen LogP contribution in [0.15, 0.2) is 102 Å². The van der Waals surface area contributed by atoms with Gasteiger partial charge in [0.1, 0.15) is 17.0 Å². The molecule has 178 valence electrons. The Morgan fingerprint density at radius 3 is 2.03 bits per heavy atom. The Labute approximate surface area is 212 Å². The molecular weight excluding hydrogens is 440 g/mol. The zero-order chi connectivity index (χ0) is 24.8. The van der Waals surface area contributed by atoms with Crippen LogP contribution in [0.5, 0.6) is 0 Å². The molecule has 0 atom stereocenters. The first kappa shape index (κ1) is 22.4. The quantitative estimate of drug-likeness (QED) is 0.251. The van der Waals surface area contributed by atoms with E-state index in [9.17, 15) is 0 Å². The number of rotatable bonds is 5. The molecular formula is C33H30N2O. The normalized spacial score (nSPS) is 11.8. The maximum Gasteiger partial charge on any atom is 0.144 e. The standard InChI is InChI=1S/C33H30N2O/c1-21(2)27-19-25(23-10-6-5-7-11-23)20-28(22(3)4)32(27)35-17-16-34-33(35)24-14-15-31-29(18-24)26-12-8-9-13-30(26)36-31/h5-22H,1-4H3. The van der Waals surface area contributed by atoms with Crippen LogP contribution in [0.3, 0.4) is 0 Å². The van der Waals surface area contributed by atoms with Crippen LogP contribution in [-0.4, -0.2) is 9.55 Å². The summed E-state index contributed by atoms with van der Waals surface area (Å²) in [6, 6.07) is 30.0. The molecule has 0 spiro atoms. The van der Waals surface area contributed by atoms with Gasteiger partial charge in [0.05, 0.1) is 5.69 Å². The second-order valence-corrected chi connectivity index (χ2v) is 10.1. The molecule has 0 unspecified atom stereocenters. The monoisotopic (exact) mass is 470 g/mol. The molecule has 0 saturated heterocycles. The van der Waals surface area contributed by atoms with Gasteiger partial charge in [-0.1, -0.05) is 76.2 Å². The first-order valence-corrected chi connectivity index (χ1v) is 12.7. The summed E-state index contributed by atoms with van der Waals surface area (Å²) in [6.45, 7) is 9.10. The van der Waals surface area contributed by atoms with Crippen LogP contribution in [-0.2, 0) is 0 Å². The van der Waals surface area contributed by atoms with Gasteiger partial charge < -0.3 is 4.42 Å². The summed E-state index contributed by atoms with van der Waals surface area (Å²) in [7, 11) is 0. The van der Waals surface area contributed by atoms with Gasteiger partial charge in [-0.25, -0.2) is 4.98 Å². The Kier molecular flexibility index (Phi) is 5.49. The van der Waals surface area contributed by atoms with E-state index in [0.717, 1.165) is 33.3 Å². The fraction of sp³-hybridized carbons (Fsp3) is 0.182. The van der Waals surface area contributed by atoms with Crippen LogP contribution >= 0.6 is 0 Å². The van der Waals surface area contributed by atoms with Crippen LogP contribution < -0.4 is 0 Å². The molecule has 0 aliphatic rings. The van der Waals surface area contributed by atoms with Gasteiger partial charge in [-0.2, -0.15) is 0 Å². The molecule has 0 bridgehead atoms. The van der Waals surface area contributed by atoms with Crippen molar-refractivity contribution in [2.24, 2.45) is 0 Å². The zero-order valence-corrected chi connectivity index (χ0v) is 21.2. The largest absolute Gasteiger partial charge is 0.456 e. The van der Waals surface area contributed by atoms with Gasteiger partial charge in [0, 0.05) is 28.7 Å². The minimum Gasteiger partial charge on any atom is -0.456 e. The topological polar surface area (TPSA) is 31.0 Å². The number of furan rings is 1. The summed E-state index contributed by atoms with van der Waals surface area (Å²) in [6.07, 6.45) is 4.01. The number of imidazole rings is 1. The minimum absolute atomic E-state index is 0.358. The van der Waals surface area contributed by atoms with E-state index in [1.54, 1.807) is 0 Å². The van der Waals surface area contributed by atoms with Gasteiger partial charge in [-0.05, 0) is 70.5 Å². The third-order valence-corrected chi connectivity index (χ3v) is 7.04. The van der Waals surface area contributed by atoms with Crippen molar-refractivity contribution in [1.29, 1.82) is 0 Å². The molecule has 0 fully saturated rings. The summed E-state index contributed by atoms with van der Waals surface area (Å²) in [4.78, 5) is 4.85. The smallest absolute Gasteiger partial charge is 0.144 e. The number of benzene rings is 4. The van der Waals surface area contributed by atoms with Gasteiger partial charge in [-0.15, -0.1) is 0 Å². The highest BCUT2D eigenvalue weighted by Crippen LogP contribution is 2.38. The van der Waals surface area contributed by atoms with Crippen molar-refractivity contribution in [2.75, 3.05) is 0 Å². The maximum atomic E-state index is 6.07. The predicted octanol–water partition coefficient (Wildman–Crippen LogP) is 9.35. The van der Waals surface area contributed by atoms with Crippen molar-refractivity contribution in [3.05, 3.63) is 108 Å². The Balaban J connectivity index is 1.57. The van der Waals surface area contributed by atoms with Crippen molar-refractivity contribution in [3.63, 3.8) is 0 Å². The highest BCUT2D eigenvalue weighted by Gasteiger charge is 2.21. The summed E-state index contributed by atoms with van der Waals surface area (Å²) in [5.41, 5.74) is 9.29. The average molecular weight is 471 g/mol. The summed E-state index contributed by atoms with van der Waals surface area (Å²) in [5, 5.41) is 2.25. The molecule has 3 nitrogen and oxygen atoms in total. The molecule has 3 heteroatoms. The highest BCUT2D eigenvalue weighted by atomic mass is 16.3. The van der Waals surface area contributed by atoms with Gasteiger partial charge in [-0.3, -0.25) is 4.57 Å². The first-order valence-electron chi connectivity index (χ1n) is 12.7. The van der Waals surface area contributed by atoms with Crippen molar-refractivity contribution in [1.82, 2.24) is 9.55 Å². The minimum atomic E-state index is 0.358. The van der Waals surface area contributed by atoms with E-state index >= 15 is 0 Å². The summed E-state index contributed by atoms with van der Waals surface area (Å²) < 4.78 is 8.35. The van der Waals surface area contributed by atoms with E-state index in [1.165, 1.54) is 27.9 Å². The lowest BCUT2D eigenvalue weighted by Gasteiger charge is -2.23. The van der Waals surface area contributed by atoms with Crippen molar-refractivity contribution >= 4 is 21.9 Å². The molecule has 0 aliphatic carbocycles. The second-order valence-electron chi connectivity index (χ2n) is 10.1. The third-order valence-electron chi connectivity index (χ3n) is 7.04. The lowest BCUT2D eigenvalue weighted by Crippen LogP contribution is -2.08. The van der Waals surface area contributed by atoms with E-state index in [4.69, 9.17) is 9.40 Å². The van der Waals surface area contributed by atoms with Crippen molar-refractivity contribution in [3.8, 4) is 28.2 Å². The Hall–Kier alpha value is -4.11. The molecule has 6 rings (SSSR count). The number of para-hydroxylation sites is 1. The van der Waals surface area contributed by atoms with Gasteiger partial charge >= 0.3 is 0 Å². The van der Waals surface area contributed by atoms with E-state index in [-0.39, 0.29) is 0 Å². The number of hydrogen-bond acceptors (Lipinski definition) is 2. The molecule has 0 amide bonds. The molecule has 36 heavy (non-hydrogen) atoms. The lowest BCUT2D eigenvalue weighted by molar-refractivity contribution is 0.669.